The molecule has 0 aromatic carbocycles. The molecule has 0 aliphatic heterocycles. The highest BCUT2D eigenvalue weighted by molar-refractivity contribution is 7.85. The van der Waals surface area contributed by atoms with Crippen LogP contribution >= 0.6 is 0 Å². The van der Waals surface area contributed by atoms with Crippen LogP contribution < -0.4 is 5.32 Å². The second kappa shape index (κ2) is 9.10. The van der Waals surface area contributed by atoms with Gasteiger partial charge in [-0.2, -0.15) is 0 Å². The predicted octanol–water partition coefficient (Wildman–Crippen LogP) is 0.471. The molecule has 118 valence electrons. The third kappa shape index (κ3) is 12.1. The van der Waals surface area contributed by atoms with Gasteiger partial charge in [0.05, 0.1) is 37.3 Å². The van der Waals surface area contributed by atoms with Gasteiger partial charge >= 0.3 is 0 Å². The summed E-state index contributed by atoms with van der Waals surface area (Å²) in [7, 11) is 0.0214. The van der Waals surface area contributed by atoms with Gasteiger partial charge in [-0.25, -0.2) is 8.42 Å². The lowest BCUT2D eigenvalue weighted by molar-refractivity contribution is -0.890. The highest BCUT2D eigenvalue weighted by Crippen LogP contribution is 2.04. The quantitative estimate of drug-likeness (QED) is 0.275. The zero-order chi connectivity index (χ0) is 15.6. The number of quaternary nitrogens is 1. The van der Waals surface area contributed by atoms with Gasteiger partial charge in [0.2, 0.25) is 5.91 Å². The summed E-state index contributed by atoms with van der Waals surface area (Å²) in [5.74, 6) is -0.370. The molecule has 0 heterocycles. The van der Waals surface area contributed by atoms with Crippen LogP contribution in [0.15, 0.2) is 12.2 Å². The number of amides is 1. The number of hydrogen-bond acceptors (Lipinski definition) is 4. The van der Waals surface area contributed by atoms with Crippen molar-refractivity contribution in [1.29, 1.82) is 0 Å². The Balaban J connectivity index is 3.76. The fourth-order valence-corrected chi connectivity index (χ4v) is 2.42. The first-order valence-corrected chi connectivity index (χ1v) is 8.40. The zero-order valence-corrected chi connectivity index (χ0v) is 13.4. The molecule has 1 N–H and O–H groups in total. The van der Waals surface area contributed by atoms with Crippen LogP contribution in [0, 0.1) is 0 Å². The smallest absolute Gasteiger partial charge is 0.243 e. The van der Waals surface area contributed by atoms with Gasteiger partial charge < -0.3 is 14.4 Å². The Morgan fingerprint density at radius 3 is 2.35 bits per heavy atom. The van der Waals surface area contributed by atoms with Crippen molar-refractivity contribution in [1.82, 2.24) is 5.32 Å². The summed E-state index contributed by atoms with van der Waals surface area (Å²) < 4.78 is 32.2. The Kier molecular flexibility index (Phi) is 8.68. The molecule has 0 rings (SSSR count). The molecule has 7 heteroatoms. The van der Waals surface area contributed by atoms with Crippen LogP contribution in [0.1, 0.15) is 26.2 Å². The van der Waals surface area contributed by atoms with E-state index >= 15 is 0 Å². The lowest BCUT2D eigenvalue weighted by atomic mass is 10.2. The molecule has 6 nitrogen and oxygen atoms in total. The fourth-order valence-electron chi connectivity index (χ4n) is 1.86. The number of carbonyl (C=O) groups excluding carboxylic acids is 1. The number of allylic oxidation sites excluding steroid dienone is 1. The lowest BCUT2D eigenvalue weighted by Crippen LogP contribution is -2.42. The molecule has 0 bridgehead atoms. The van der Waals surface area contributed by atoms with Crippen LogP contribution in [0.2, 0.25) is 0 Å². The summed E-state index contributed by atoms with van der Waals surface area (Å²) in [6, 6.07) is 0. The lowest BCUT2D eigenvalue weighted by Gasteiger charge is -2.30. The minimum absolute atomic E-state index is 0.0848. The van der Waals surface area contributed by atoms with E-state index in [1.54, 1.807) is 13.0 Å². The standard InChI is InChI=1S/C13H26N2O4S/c1-4-8-13(16)14-9-7-11-15(2,3)10-5-6-12-20(17,18)19/h4,8H,5-7,9-12H2,1-3H3,(H-,14,16,17,18,19). The van der Waals surface area contributed by atoms with Gasteiger partial charge in [-0.05, 0) is 25.8 Å². The highest BCUT2D eigenvalue weighted by Gasteiger charge is 2.14. The van der Waals surface area contributed by atoms with Crippen molar-refractivity contribution in [2.75, 3.05) is 39.5 Å². The number of nitrogens with one attached hydrogen (secondary N) is 1. The second-order valence-electron chi connectivity index (χ2n) is 5.50. The van der Waals surface area contributed by atoms with Gasteiger partial charge in [0.15, 0.2) is 0 Å². The number of unbranched alkanes of at least 4 members (excludes halogenated alkanes) is 1. The molecule has 0 saturated carbocycles. The minimum Gasteiger partial charge on any atom is -0.748 e. The minimum atomic E-state index is -4.09. The second-order valence-corrected chi connectivity index (χ2v) is 7.02. The summed E-state index contributed by atoms with van der Waals surface area (Å²) in [6.07, 6.45) is 5.16. The Bertz CT molecular complexity index is 416. The molecule has 0 aliphatic rings. The maximum atomic E-state index is 11.2. The number of carbonyl (C=O) groups is 1. The van der Waals surface area contributed by atoms with Crippen LogP contribution in [0.4, 0.5) is 0 Å². The molecule has 0 unspecified atom stereocenters. The van der Waals surface area contributed by atoms with Gasteiger partial charge in [0, 0.05) is 18.7 Å². The van der Waals surface area contributed by atoms with Crippen LogP contribution in [0.25, 0.3) is 0 Å². The Hall–Kier alpha value is -0.920. The summed E-state index contributed by atoms with van der Waals surface area (Å²) in [5, 5.41) is 2.79. The molecule has 1 amide bonds. The monoisotopic (exact) mass is 306 g/mol. The van der Waals surface area contributed by atoms with E-state index < -0.39 is 10.1 Å². The first-order chi connectivity index (χ1) is 9.16. The van der Waals surface area contributed by atoms with Crippen molar-refractivity contribution in [2.45, 2.75) is 26.2 Å². The van der Waals surface area contributed by atoms with Gasteiger partial charge in [0.1, 0.15) is 0 Å². The van der Waals surface area contributed by atoms with Crippen molar-refractivity contribution in [3.63, 3.8) is 0 Å². The molecule has 0 saturated heterocycles. The molecule has 0 atom stereocenters. The molecular weight excluding hydrogens is 280 g/mol. The predicted molar refractivity (Wildman–Crippen MR) is 78.1 cm³/mol. The van der Waals surface area contributed by atoms with E-state index in [2.05, 4.69) is 19.4 Å². The molecule has 0 radical (unpaired) electrons. The fraction of sp³-hybridized carbons (Fsp3) is 0.769. The number of nitrogens with zero attached hydrogens (tertiary/aromatic N) is 1. The first-order valence-electron chi connectivity index (χ1n) is 6.82. The van der Waals surface area contributed by atoms with E-state index in [0.29, 0.717) is 19.4 Å². The zero-order valence-electron chi connectivity index (χ0n) is 12.6. The highest BCUT2D eigenvalue weighted by atomic mass is 32.2. The Morgan fingerprint density at radius 2 is 1.80 bits per heavy atom. The summed E-state index contributed by atoms with van der Waals surface area (Å²) in [5.41, 5.74) is 0. The maximum Gasteiger partial charge on any atom is 0.243 e. The van der Waals surface area contributed by atoms with Crippen LogP contribution in [0.3, 0.4) is 0 Å². The van der Waals surface area contributed by atoms with Crippen molar-refractivity contribution in [3.05, 3.63) is 12.2 Å². The number of rotatable bonds is 10. The van der Waals surface area contributed by atoms with Gasteiger partial charge in [0.25, 0.3) is 0 Å². The Labute approximate surface area is 122 Å². The molecule has 0 aromatic rings. The average molecular weight is 306 g/mol. The van der Waals surface area contributed by atoms with E-state index in [-0.39, 0.29) is 11.7 Å². The van der Waals surface area contributed by atoms with Gasteiger partial charge in [-0.3, -0.25) is 4.79 Å². The third-order valence-corrected chi connectivity index (χ3v) is 3.75. The molecule has 0 spiro atoms. The van der Waals surface area contributed by atoms with Crippen LogP contribution in [-0.4, -0.2) is 62.8 Å². The van der Waals surface area contributed by atoms with E-state index in [0.717, 1.165) is 24.0 Å². The Morgan fingerprint density at radius 1 is 1.20 bits per heavy atom. The van der Waals surface area contributed by atoms with Crippen molar-refractivity contribution in [3.8, 4) is 0 Å². The van der Waals surface area contributed by atoms with E-state index in [4.69, 9.17) is 0 Å². The number of hydrogen-bond donors (Lipinski definition) is 1. The van der Waals surface area contributed by atoms with E-state index in [1.165, 1.54) is 6.08 Å². The molecular formula is C13H26N2O4S. The summed E-state index contributed by atoms with van der Waals surface area (Å²) >= 11 is 0. The molecule has 0 aliphatic carbocycles. The SMILES string of the molecule is CC=CC(=O)NCCC[N+](C)(C)CCCCS(=O)(=O)[O-]. The average Bonchev–Trinajstić information content (AvgIpc) is 2.30. The molecule has 0 fully saturated rings. The third-order valence-electron chi connectivity index (χ3n) is 2.97. The van der Waals surface area contributed by atoms with Gasteiger partial charge in [-0.15, -0.1) is 0 Å². The summed E-state index contributed by atoms with van der Waals surface area (Å²) in [4.78, 5) is 11.2. The largest absolute Gasteiger partial charge is 0.748 e. The van der Waals surface area contributed by atoms with Crippen molar-refractivity contribution in [2.24, 2.45) is 0 Å². The topological polar surface area (TPSA) is 86.3 Å². The normalized spacial score (nSPS) is 12.8. The van der Waals surface area contributed by atoms with E-state index in [9.17, 15) is 17.8 Å². The maximum absolute atomic E-state index is 11.2. The van der Waals surface area contributed by atoms with E-state index in [1.807, 2.05) is 0 Å². The molecule has 20 heavy (non-hydrogen) atoms. The van der Waals surface area contributed by atoms with Crippen LogP contribution in [0.5, 0.6) is 0 Å². The molecule has 0 aromatic heterocycles. The van der Waals surface area contributed by atoms with Crippen molar-refractivity contribution < 1.29 is 22.2 Å². The van der Waals surface area contributed by atoms with Gasteiger partial charge in [-0.1, -0.05) is 6.08 Å². The summed E-state index contributed by atoms with van der Waals surface area (Å²) in [6.45, 7) is 4.13. The first kappa shape index (κ1) is 19.1. The van der Waals surface area contributed by atoms with Crippen LogP contribution in [-0.2, 0) is 14.9 Å². The van der Waals surface area contributed by atoms with Crippen molar-refractivity contribution >= 4 is 16.0 Å².